The Labute approximate surface area is 320 Å². The number of fused-ring (bicyclic) bond motifs is 14. The second kappa shape index (κ2) is 11.5. The molecule has 1 spiro atoms. The summed E-state index contributed by atoms with van der Waals surface area (Å²) < 4.78 is 0. The minimum Gasteiger partial charge on any atom is -0.0619 e. The fourth-order valence-corrected chi connectivity index (χ4v) is 10.1. The summed E-state index contributed by atoms with van der Waals surface area (Å²) in [5, 5.41) is 7.57. The lowest BCUT2D eigenvalue weighted by Crippen LogP contribution is -2.26. The fraction of sp³-hybridized carbons (Fsp3) is 0.0182. The number of rotatable bonds is 3. The van der Waals surface area contributed by atoms with Gasteiger partial charge in [-0.2, -0.15) is 0 Å². The Hall–Kier alpha value is -7.02. The second-order valence-electron chi connectivity index (χ2n) is 15.2. The molecule has 0 heteroatoms. The zero-order valence-electron chi connectivity index (χ0n) is 30.1. The van der Waals surface area contributed by atoms with Crippen LogP contribution in [0.25, 0.3) is 88.0 Å². The molecule has 55 heavy (non-hydrogen) atoms. The van der Waals surface area contributed by atoms with Gasteiger partial charge >= 0.3 is 0 Å². The van der Waals surface area contributed by atoms with Gasteiger partial charge in [0.15, 0.2) is 0 Å². The van der Waals surface area contributed by atoms with E-state index in [1.807, 2.05) is 0 Å². The van der Waals surface area contributed by atoms with Crippen LogP contribution in [-0.2, 0) is 5.41 Å². The quantitative estimate of drug-likeness (QED) is 0.173. The summed E-state index contributed by atoms with van der Waals surface area (Å²) in [7, 11) is 0. The van der Waals surface area contributed by atoms with E-state index in [1.165, 1.54) is 110 Å². The van der Waals surface area contributed by atoms with Crippen molar-refractivity contribution in [3.63, 3.8) is 0 Å². The van der Waals surface area contributed by atoms with Crippen LogP contribution in [-0.4, -0.2) is 0 Å². The van der Waals surface area contributed by atoms with E-state index in [1.54, 1.807) is 0 Å². The Kier molecular flexibility index (Phi) is 6.36. The van der Waals surface area contributed by atoms with E-state index in [0.29, 0.717) is 0 Å². The molecule has 0 saturated heterocycles. The second-order valence-corrected chi connectivity index (χ2v) is 15.2. The topological polar surface area (TPSA) is 0 Å². The van der Waals surface area contributed by atoms with Crippen LogP contribution in [0.3, 0.4) is 0 Å². The van der Waals surface area contributed by atoms with Crippen molar-refractivity contribution in [1.82, 2.24) is 0 Å². The van der Waals surface area contributed by atoms with Gasteiger partial charge in [-0.3, -0.25) is 0 Å². The molecule has 12 rings (SSSR count). The third kappa shape index (κ3) is 4.28. The summed E-state index contributed by atoms with van der Waals surface area (Å²) in [4.78, 5) is 0. The molecular weight excluding hydrogens is 661 g/mol. The molecule has 254 valence electrons. The average Bonchev–Trinajstić information content (AvgIpc) is 3.74. The summed E-state index contributed by atoms with van der Waals surface area (Å²) >= 11 is 0. The van der Waals surface area contributed by atoms with Gasteiger partial charge in [-0.1, -0.05) is 170 Å². The zero-order chi connectivity index (χ0) is 36.1. The van der Waals surface area contributed by atoms with Gasteiger partial charge in [-0.25, -0.2) is 0 Å². The first-order chi connectivity index (χ1) is 27.3. The van der Waals surface area contributed by atoms with E-state index in [4.69, 9.17) is 0 Å². The lowest BCUT2D eigenvalue weighted by molar-refractivity contribution is 0.801. The van der Waals surface area contributed by atoms with Crippen LogP contribution in [0.4, 0.5) is 0 Å². The fourth-order valence-electron chi connectivity index (χ4n) is 10.1. The highest BCUT2D eigenvalue weighted by Crippen LogP contribution is 2.65. The van der Waals surface area contributed by atoms with Crippen LogP contribution >= 0.6 is 0 Å². The molecule has 0 N–H and O–H groups in total. The SMILES string of the molecule is c1ccc2c(c1)-c1ccccc1C21c2ccccc2-c2c(-c3cc(-c4ccc5ccccc5c4)cc(-c4ccc5ccccc5c4)c3)cc3ccccc3c21. The van der Waals surface area contributed by atoms with Gasteiger partial charge in [0.25, 0.3) is 0 Å². The molecule has 0 heterocycles. The maximum absolute atomic E-state index is 2.46. The van der Waals surface area contributed by atoms with Gasteiger partial charge in [0.2, 0.25) is 0 Å². The molecule has 0 saturated carbocycles. The van der Waals surface area contributed by atoms with Gasteiger partial charge in [-0.05, 0) is 147 Å². The Bertz CT molecular complexity index is 3070. The number of benzene rings is 10. The highest BCUT2D eigenvalue weighted by molar-refractivity contribution is 6.09. The van der Waals surface area contributed by atoms with Crippen molar-refractivity contribution in [3.8, 4) is 55.6 Å². The van der Waals surface area contributed by atoms with Gasteiger partial charge in [0.1, 0.15) is 0 Å². The van der Waals surface area contributed by atoms with Gasteiger partial charge in [0, 0.05) is 0 Å². The Morgan fingerprint density at radius 1 is 0.255 bits per heavy atom. The highest BCUT2D eigenvalue weighted by Gasteiger charge is 2.52. The lowest BCUT2D eigenvalue weighted by atomic mass is 9.69. The van der Waals surface area contributed by atoms with E-state index in [0.717, 1.165) is 0 Å². The molecule has 0 radical (unpaired) electrons. The monoisotopic (exact) mass is 694 g/mol. The predicted octanol–water partition coefficient (Wildman–Crippen LogP) is 14.5. The van der Waals surface area contributed by atoms with Crippen molar-refractivity contribution in [2.24, 2.45) is 0 Å². The van der Waals surface area contributed by atoms with Crippen LogP contribution < -0.4 is 0 Å². The highest BCUT2D eigenvalue weighted by atomic mass is 14.5. The molecule has 0 fully saturated rings. The summed E-state index contributed by atoms with van der Waals surface area (Å²) in [5.74, 6) is 0. The maximum atomic E-state index is 2.46. The van der Waals surface area contributed by atoms with Crippen molar-refractivity contribution in [1.29, 1.82) is 0 Å². The molecule has 10 aromatic carbocycles. The van der Waals surface area contributed by atoms with E-state index >= 15 is 0 Å². The summed E-state index contributed by atoms with van der Waals surface area (Å²) in [5.41, 5.74) is 17.7. The standard InChI is InChI=1S/C55H34/c1-3-15-37-29-39(27-25-35(37)13-1)42-31-43(40-28-26-36-14-2-4-16-38(36)30-40)33-44(32-42)49-34-41-17-5-6-18-45(41)54-53(49)48-21-9-12-24-52(48)55(54)50-22-10-7-19-46(50)47-20-8-11-23-51(47)55/h1-34H. The number of hydrogen-bond acceptors (Lipinski definition) is 0. The third-order valence-electron chi connectivity index (χ3n) is 12.4. The first-order valence-electron chi connectivity index (χ1n) is 19.2. The molecule has 2 aliphatic carbocycles. The molecule has 0 atom stereocenters. The minimum absolute atomic E-state index is 0.439. The molecule has 0 nitrogen and oxygen atoms in total. The van der Waals surface area contributed by atoms with E-state index in [-0.39, 0.29) is 0 Å². The largest absolute Gasteiger partial charge is 0.0731 e. The van der Waals surface area contributed by atoms with Gasteiger partial charge in [-0.15, -0.1) is 0 Å². The molecule has 0 aromatic heterocycles. The first-order valence-corrected chi connectivity index (χ1v) is 19.2. The van der Waals surface area contributed by atoms with E-state index in [2.05, 4.69) is 206 Å². The van der Waals surface area contributed by atoms with E-state index in [9.17, 15) is 0 Å². The van der Waals surface area contributed by atoms with Gasteiger partial charge < -0.3 is 0 Å². The van der Waals surface area contributed by atoms with E-state index < -0.39 is 5.41 Å². The third-order valence-corrected chi connectivity index (χ3v) is 12.4. The molecule has 10 aromatic rings. The molecule has 0 amide bonds. The van der Waals surface area contributed by atoms with Crippen molar-refractivity contribution >= 4 is 32.3 Å². The van der Waals surface area contributed by atoms with Crippen molar-refractivity contribution in [3.05, 3.63) is 229 Å². The van der Waals surface area contributed by atoms with Crippen LogP contribution in [0.1, 0.15) is 22.3 Å². The average molecular weight is 695 g/mol. The Morgan fingerprint density at radius 3 is 1.27 bits per heavy atom. The van der Waals surface area contributed by atoms with Gasteiger partial charge in [0.05, 0.1) is 5.41 Å². The summed E-state index contributed by atoms with van der Waals surface area (Å²) in [6.45, 7) is 0. The number of hydrogen-bond donors (Lipinski definition) is 0. The predicted molar refractivity (Wildman–Crippen MR) is 232 cm³/mol. The molecule has 2 aliphatic rings. The molecule has 0 unspecified atom stereocenters. The van der Waals surface area contributed by atoms with Crippen molar-refractivity contribution < 1.29 is 0 Å². The Balaban J connectivity index is 1.20. The van der Waals surface area contributed by atoms with Crippen molar-refractivity contribution in [2.45, 2.75) is 5.41 Å². The normalized spacial score (nSPS) is 13.2. The molecule has 0 bridgehead atoms. The van der Waals surface area contributed by atoms with Crippen LogP contribution in [0.5, 0.6) is 0 Å². The zero-order valence-corrected chi connectivity index (χ0v) is 30.1. The maximum Gasteiger partial charge on any atom is 0.0731 e. The Morgan fingerprint density at radius 2 is 0.691 bits per heavy atom. The molecule has 0 aliphatic heterocycles. The van der Waals surface area contributed by atoms with Crippen LogP contribution in [0.15, 0.2) is 206 Å². The van der Waals surface area contributed by atoms with Crippen LogP contribution in [0, 0.1) is 0 Å². The van der Waals surface area contributed by atoms with Crippen molar-refractivity contribution in [2.75, 3.05) is 0 Å². The lowest BCUT2D eigenvalue weighted by Gasteiger charge is -2.31. The summed E-state index contributed by atoms with van der Waals surface area (Å²) in [6, 6.07) is 77.3. The van der Waals surface area contributed by atoms with Crippen LogP contribution in [0.2, 0.25) is 0 Å². The minimum atomic E-state index is -0.439. The smallest absolute Gasteiger partial charge is 0.0619 e. The first kappa shape index (κ1) is 30.4. The summed E-state index contributed by atoms with van der Waals surface area (Å²) in [6.07, 6.45) is 0. The molecular formula is C55H34.